The number of piperidine rings is 1. The minimum Gasteiger partial charge on any atom is -0.373 e. The van der Waals surface area contributed by atoms with E-state index in [-0.39, 0.29) is 29.2 Å². The SMILES string of the molecule is CS(=O)(=O)c1cccc(CNc2nc(Nc3ccc(N4CCN(Cc5ccccc5NC5CCC(=O)NC5=O)CC4)cc3)ncc2C(F)(F)F)c1. The standard InChI is InChI=1S/C35H37F3N8O4S/c1-51(49,50)27-7-4-5-23(19-27)20-39-32-28(35(36,37)38)21-40-34(44-32)41-25-9-11-26(12-10-25)46-17-15-45(16-18-46)22-24-6-2-3-8-29(24)42-30-13-14-31(47)43-33(30)48/h2-12,19,21,30,42H,13-18,20,22H2,1H3,(H,43,47,48)(H2,39,40,41,44). The zero-order valence-electron chi connectivity index (χ0n) is 27.7. The molecular weight excluding hydrogens is 685 g/mol. The van der Waals surface area contributed by atoms with Gasteiger partial charge in [-0.15, -0.1) is 0 Å². The van der Waals surface area contributed by atoms with E-state index < -0.39 is 33.4 Å². The number of halogens is 3. The molecule has 12 nitrogen and oxygen atoms in total. The summed E-state index contributed by atoms with van der Waals surface area (Å²) in [6.45, 7) is 3.78. The lowest BCUT2D eigenvalue weighted by Gasteiger charge is -2.36. The smallest absolute Gasteiger partial charge is 0.373 e. The van der Waals surface area contributed by atoms with Gasteiger partial charge in [0, 0.05) is 75.2 Å². The van der Waals surface area contributed by atoms with Crippen LogP contribution in [-0.4, -0.2) is 73.6 Å². The largest absolute Gasteiger partial charge is 0.421 e. The number of benzene rings is 3. The lowest BCUT2D eigenvalue weighted by molar-refractivity contribution is -0.137. The van der Waals surface area contributed by atoms with Gasteiger partial charge in [0.15, 0.2) is 9.84 Å². The van der Waals surface area contributed by atoms with Gasteiger partial charge in [0.25, 0.3) is 0 Å². The van der Waals surface area contributed by atoms with Gasteiger partial charge >= 0.3 is 6.18 Å². The maximum Gasteiger partial charge on any atom is 0.421 e. The van der Waals surface area contributed by atoms with E-state index in [4.69, 9.17) is 0 Å². The highest BCUT2D eigenvalue weighted by atomic mass is 32.2. The number of sulfone groups is 1. The van der Waals surface area contributed by atoms with Gasteiger partial charge in [-0.25, -0.2) is 13.4 Å². The van der Waals surface area contributed by atoms with E-state index in [2.05, 4.69) is 41.0 Å². The number of anilines is 5. The molecule has 2 fully saturated rings. The maximum absolute atomic E-state index is 13.8. The second-order valence-corrected chi connectivity index (χ2v) is 14.5. The van der Waals surface area contributed by atoms with Crippen molar-refractivity contribution in [3.8, 4) is 0 Å². The molecule has 1 aromatic heterocycles. The number of hydrogen-bond acceptors (Lipinski definition) is 11. The molecule has 51 heavy (non-hydrogen) atoms. The van der Waals surface area contributed by atoms with E-state index in [9.17, 15) is 31.2 Å². The summed E-state index contributed by atoms with van der Waals surface area (Å²) in [5.74, 6) is -1.03. The summed E-state index contributed by atoms with van der Waals surface area (Å²) in [6.07, 6.45) is -2.18. The Labute approximate surface area is 293 Å². The minimum atomic E-state index is -4.71. The molecule has 6 rings (SSSR count). The minimum absolute atomic E-state index is 0.0378. The Kier molecular flexibility index (Phi) is 10.4. The van der Waals surface area contributed by atoms with Gasteiger partial charge < -0.3 is 20.9 Å². The van der Waals surface area contributed by atoms with Crippen LogP contribution in [0.15, 0.2) is 83.9 Å². The molecule has 2 amide bonds. The Bertz CT molecular complexity index is 2000. The fourth-order valence-corrected chi connectivity index (χ4v) is 6.66. The monoisotopic (exact) mass is 722 g/mol. The molecule has 0 bridgehead atoms. The van der Waals surface area contributed by atoms with Crippen LogP contribution in [0.2, 0.25) is 0 Å². The van der Waals surface area contributed by atoms with Gasteiger partial charge in [0.05, 0.1) is 4.90 Å². The zero-order valence-corrected chi connectivity index (χ0v) is 28.5. The number of hydrogen-bond donors (Lipinski definition) is 4. The van der Waals surface area contributed by atoms with Crippen molar-refractivity contribution < 1.29 is 31.2 Å². The average molecular weight is 723 g/mol. The number of amides is 2. The molecule has 4 aromatic rings. The topological polar surface area (TPSA) is 149 Å². The highest BCUT2D eigenvalue weighted by Gasteiger charge is 2.35. The molecule has 2 saturated heterocycles. The van der Waals surface area contributed by atoms with Crippen LogP contribution in [0.25, 0.3) is 0 Å². The van der Waals surface area contributed by atoms with Crippen molar-refractivity contribution in [2.75, 3.05) is 53.3 Å². The van der Waals surface area contributed by atoms with Gasteiger partial charge in [0.2, 0.25) is 17.8 Å². The number of para-hydroxylation sites is 1. The first-order valence-corrected chi connectivity index (χ1v) is 18.2. The number of nitrogens with one attached hydrogen (secondary N) is 4. The first-order chi connectivity index (χ1) is 24.3. The normalized spacial score (nSPS) is 17.2. The Balaban J connectivity index is 1.05. The number of carbonyl (C=O) groups is 2. The van der Waals surface area contributed by atoms with Gasteiger partial charge in [-0.2, -0.15) is 18.2 Å². The molecule has 3 aromatic carbocycles. The van der Waals surface area contributed by atoms with Gasteiger partial charge in [0.1, 0.15) is 17.4 Å². The van der Waals surface area contributed by atoms with Crippen LogP contribution in [0.3, 0.4) is 0 Å². The molecule has 0 spiro atoms. The van der Waals surface area contributed by atoms with Crippen molar-refractivity contribution in [1.82, 2.24) is 20.2 Å². The molecule has 3 heterocycles. The van der Waals surface area contributed by atoms with Crippen molar-refractivity contribution >= 4 is 50.5 Å². The number of alkyl halides is 3. The van der Waals surface area contributed by atoms with Crippen molar-refractivity contribution in [2.45, 2.75) is 43.0 Å². The molecule has 16 heteroatoms. The Hall–Kier alpha value is -5.22. The first-order valence-electron chi connectivity index (χ1n) is 16.3. The summed E-state index contributed by atoms with van der Waals surface area (Å²) in [4.78, 5) is 36.5. The van der Waals surface area contributed by atoms with Crippen LogP contribution in [-0.2, 0) is 38.7 Å². The molecule has 1 unspecified atom stereocenters. The number of nitrogens with zero attached hydrogens (tertiary/aromatic N) is 4. The van der Waals surface area contributed by atoms with Crippen LogP contribution >= 0.6 is 0 Å². The fourth-order valence-electron chi connectivity index (χ4n) is 5.96. The molecule has 0 aliphatic carbocycles. The quantitative estimate of drug-likeness (QED) is 0.158. The molecule has 0 saturated carbocycles. The maximum atomic E-state index is 13.8. The van der Waals surface area contributed by atoms with Gasteiger partial charge in [-0.3, -0.25) is 19.8 Å². The van der Waals surface area contributed by atoms with Crippen molar-refractivity contribution in [1.29, 1.82) is 0 Å². The lowest BCUT2D eigenvalue weighted by atomic mass is 10.0. The van der Waals surface area contributed by atoms with E-state index in [1.807, 2.05) is 48.5 Å². The van der Waals surface area contributed by atoms with E-state index in [1.165, 1.54) is 18.2 Å². The molecule has 2 aliphatic rings. The third-order valence-corrected chi connectivity index (χ3v) is 9.83. The molecule has 268 valence electrons. The molecule has 2 aliphatic heterocycles. The predicted molar refractivity (Wildman–Crippen MR) is 187 cm³/mol. The van der Waals surface area contributed by atoms with E-state index in [0.717, 1.165) is 49.4 Å². The highest BCUT2D eigenvalue weighted by Crippen LogP contribution is 2.34. The van der Waals surface area contributed by atoms with Crippen LogP contribution in [0.5, 0.6) is 0 Å². The zero-order chi connectivity index (χ0) is 36.2. The predicted octanol–water partition coefficient (Wildman–Crippen LogP) is 4.79. The number of imide groups is 1. The van der Waals surface area contributed by atoms with Crippen LogP contribution < -0.4 is 26.2 Å². The fraction of sp³-hybridized carbons (Fsp3) is 0.314. The molecular formula is C35H37F3N8O4S. The summed E-state index contributed by atoms with van der Waals surface area (Å²) in [5, 5.41) is 11.4. The molecule has 4 N–H and O–H groups in total. The van der Waals surface area contributed by atoms with E-state index in [0.29, 0.717) is 36.8 Å². The summed E-state index contributed by atoms with van der Waals surface area (Å²) in [5.41, 5.74) is 2.95. The molecule has 0 radical (unpaired) electrons. The summed E-state index contributed by atoms with van der Waals surface area (Å²) in [6, 6.07) is 20.8. The van der Waals surface area contributed by atoms with E-state index >= 15 is 0 Å². The number of carbonyl (C=O) groups excluding carboxylic acids is 2. The van der Waals surface area contributed by atoms with Crippen LogP contribution in [0.4, 0.5) is 42.0 Å². The van der Waals surface area contributed by atoms with Gasteiger partial charge in [-0.05, 0) is 60.0 Å². The Morgan fingerprint density at radius 1 is 0.961 bits per heavy atom. The number of aromatic nitrogens is 2. The summed E-state index contributed by atoms with van der Waals surface area (Å²) < 4.78 is 65.2. The van der Waals surface area contributed by atoms with E-state index in [1.54, 1.807) is 6.07 Å². The van der Waals surface area contributed by atoms with Crippen molar-refractivity contribution in [3.63, 3.8) is 0 Å². The average Bonchev–Trinajstić information content (AvgIpc) is 3.09. The lowest BCUT2D eigenvalue weighted by Crippen LogP contribution is -2.48. The Morgan fingerprint density at radius 2 is 1.71 bits per heavy atom. The second kappa shape index (κ2) is 14.9. The third-order valence-electron chi connectivity index (χ3n) is 8.72. The van der Waals surface area contributed by atoms with Crippen molar-refractivity contribution in [3.05, 3.63) is 95.7 Å². The van der Waals surface area contributed by atoms with Crippen LogP contribution in [0, 0.1) is 0 Å². The second-order valence-electron chi connectivity index (χ2n) is 12.5. The number of piperazine rings is 1. The Morgan fingerprint density at radius 3 is 2.41 bits per heavy atom. The summed E-state index contributed by atoms with van der Waals surface area (Å²) >= 11 is 0. The summed E-state index contributed by atoms with van der Waals surface area (Å²) in [7, 11) is -3.48. The third kappa shape index (κ3) is 9.12. The molecule has 1 atom stereocenters. The highest BCUT2D eigenvalue weighted by molar-refractivity contribution is 7.90. The van der Waals surface area contributed by atoms with Crippen LogP contribution in [0.1, 0.15) is 29.5 Å². The van der Waals surface area contributed by atoms with Gasteiger partial charge in [-0.1, -0.05) is 30.3 Å². The number of rotatable bonds is 11. The van der Waals surface area contributed by atoms with Crippen molar-refractivity contribution in [2.24, 2.45) is 0 Å². The first kappa shape index (κ1) is 35.6.